The predicted octanol–water partition coefficient (Wildman–Crippen LogP) is 4.36. The summed E-state index contributed by atoms with van der Waals surface area (Å²) in [6, 6.07) is 20.7. The van der Waals surface area contributed by atoms with Crippen molar-refractivity contribution in [2.75, 3.05) is 18.4 Å². The lowest BCUT2D eigenvalue weighted by Crippen LogP contribution is -2.28. The molecule has 8 nitrogen and oxygen atoms in total. The third-order valence-electron chi connectivity index (χ3n) is 5.67. The van der Waals surface area contributed by atoms with Crippen LogP contribution in [0, 0.1) is 0 Å². The molecule has 0 spiro atoms. The smallest absolute Gasteiger partial charge is 0.337 e. The molecular formula is C27H26N2O6. The summed E-state index contributed by atoms with van der Waals surface area (Å²) < 4.78 is 11.8. The molecule has 3 aromatic rings. The molecule has 1 aliphatic rings. The minimum absolute atomic E-state index is 0.00646. The van der Waals surface area contributed by atoms with Crippen LogP contribution in [0.25, 0.3) is 0 Å². The van der Waals surface area contributed by atoms with Crippen LogP contribution in [0.4, 0.5) is 5.69 Å². The number of amides is 2. The molecule has 0 saturated carbocycles. The zero-order valence-electron chi connectivity index (χ0n) is 19.3. The molecule has 35 heavy (non-hydrogen) atoms. The summed E-state index contributed by atoms with van der Waals surface area (Å²) in [6.45, 7) is 2.88. The van der Waals surface area contributed by atoms with E-state index in [4.69, 9.17) is 9.47 Å². The lowest BCUT2D eigenvalue weighted by Gasteiger charge is -2.15. The van der Waals surface area contributed by atoms with Crippen LogP contribution in [0.3, 0.4) is 0 Å². The molecular weight excluding hydrogens is 448 g/mol. The molecule has 180 valence electrons. The number of hydrogen-bond donors (Lipinski definition) is 2. The first-order valence-electron chi connectivity index (χ1n) is 11.3. The molecule has 0 unspecified atom stereocenters. The van der Waals surface area contributed by atoms with E-state index in [-0.39, 0.29) is 35.6 Å². The Balaban J connectivity index is 1.29. The lowest BCUT2D eigenvalue weighted by atomic mass is 10.1. The van der Waals surface area contributed by atoms with Gasteiger partial charge in [-0.1, -0.05) is 24.3 Å². The van der Waals surface area contributed by atoms with Crippen molar-refractivity contribution in [3.63, 3.8) is 0 Å². The van der Waals surface area contributed by atoms with Gasteiger partial charge in [-0.25, -0.2) is 4.79 Å². The molecule has 1 saturated heterocycles. The van der Waals surface area contributed by atoms with Crippen LogP contribution in [0.2, 0.25) is 0 Å². The first kappa shape index (κ1) is 23.8. The highest BCUT2D eigenvalue weighted by Gasteiger charge is 2.25. The van der Waals surface area contributed by atoms with E-state index in [1.807, 2.05) is 24.3 Å². The van der Waals surface area contributed by atoms with E-state index in [0.717, 1.165) is 17.7 Å². The largest absolute Gasteiger partial charge is 0.489 e. The second-order valence-corrected chi connectivity index (χ2v) is 8.29. The van der Waals surface area contributed by atoms with Gasteiger partial charge in [0, 0.05) is 19.9 Å². The van der Waals surface area contributed by atoms with Gasteiger partial charge in [0.05, 0.1) is 24.2 Å². The Kier molecular flexibility index (Phi) is 7.30. The number of para-hydroxylation sites is 1. The topological polar surface area (TPSA) is 105 Å². The molecule has 0 bridgehead atoms. The Bertz CT molecular complexity index is 1210. The Labute approximate surface area is 203 Å². The fourth-order valence-electron chi connectivity index (χ4n) is 3.86. The van der Waals surface area contributed by atoms with Crippen molar-refractivity contribution in [1.29, 1.82) is 0 Å². The second kappa shape index (κ2) is 10.7. The summed E-state index contributed by atoms with van der Waals surface area (Å²) in [7, 11) is 0. The van der Waals surface area contributed by atoms with Gasteiger partial charge in [0.25, 0.3) is 0 Å². The average molecular weight is 475 g/mol. The summed E-state index contributed by atoms with van der Waals surface area (Å²) in [5, 5.41) is 11.9. The molecule has 0 radical (unpaired) electrons. The van der Waals surface area contributed by atoms with Gasteiger partial charge in [-0.15, -0.1) is 0 Å². The minimum Gasteiger partial charge on any atom is -0.489 e. The van der Waals surface area contributed by atoms with Gasteiger partial charge >= 0.3 is 5.97 Å². The highest BCUT2D eigenvalue weighted by molar-refractivity contribution is 6.01. The Morgan fingerprint density at radius 1 is 0.943 bits per heavy atom. The number of rotatable bonds is 8. The maximum atomic E-state index is 12.4. The molecule has 4 rings (SSSR count). The number of anilines is 1. The zero-order valence-corrected chi connectivity index (χ0v) is 19.3. The molecule has 3 aromatic carbocycles. The molecule has 1 fully saturated rings. The number of carbonyl (C=O) groups is 3. The van der Waals surface area contributed by atoms with Crippen molar-refractivity contribution in [1.82, 2.24) is 4.90 Å². The van der Waals surface area contributed by atoms with E-state index in [2.05, 4.69) is 5.32 Å². The zero-order chi connectivity index (χ0) is 24.8. The maximum Gasteiger partial charge on any atom is 0.337 e. The molecule has 2 amide bonds. The number of likely N-dealkylation sites (tertiary alicyclic amines) is 1. The van der Waals surface area contributed by atoms with Crippen LogP contribution in [0.1, 0.15) is 29.3 Å². The quantitative estimate of drug-likeness (QED) is 0.503. The van der Waals surface area contributed by atoms with Gasteiger partial charge < -0.3 is 24.8 Å². The van der Waals surface area contributed by atoms with Crippen LogP contribution >= 0.6 is 0 Å². The van der Waals surface area contributed by atoms with Gasteiger partial charge in [-0.05, 0) is 54.1 Å². The average Bonchev–Trinajstić information content (AvgIpc) is 3.31. The van der Waals surface area contributed by atoms with Gasteiger partial charge in [-0.2, -0.15) is 0 Å². The first-order valence-corrected chi connectivity index (χ1v) is 11.3. The van der Waals surface area contributed by atoms with Crippen molar-refractivity contribution < 1.29 is 29.0 Å². The molecule has 2 N–H and O–H groups in total. The predicted molar refractivity (Wildman–Crippen MR) is 130 cm³/mol. The molecule has 1 aliphatic heterocycles. The van der Waals surface area contributed by atoms with E-state index in [1.54, 1.807) is 54.3 Å². The SMILES string of the molecule is CC(=O)N1CC[C@H](Oc2ccc(Oc3ccc(CC(=O)Nc4ccccc4C(=O)O)cc3)cc2)C1. The molecule has 0 aromatic heterocycles. The Morgan fingerprint density at radius 3 is 2.20 bits per heavy atom. The number of hydrogen-bond acceptors (Lipinski definition) is 5. The van der Waals surface area contributed by atoms with Gasteiger partial charge in [0.1, 0.15) is 23.4 Å². The minimum atomic E-state index is -1.10. The van der Waals surface area contributed by atoms with E-state index in [0.29, 0.717) is 24.6 Å². The summed E-state index contributed by atoms with van der Waals surface area (Å²) in [5.74, 6) is 0.641. The van der Waals surface area contributed by atoms with Crippen molar-refractivity contribution in [3.05, 3.63) is 83.9 Å². The number of carbonyl (C=O) groups excluding carboxylic acids is 2. The maximum absolute atomic E-state index is 12.4. The van der Waals surface area contributed by atoms with Gasteiger partial charge in [0.15, 0.2) is 0 Å². The second-order valence-electron chi connectivity index (χ2n) is 8.29. The number of nitrogens with one attached hydrogen (secondary N) is 1. The Morgan fingerprint density at radius 2 is 1.57 bits per heavy atom. The number of carboxylic acids is 1. The summed E-state index contributed by atoms with van der Waals surface area (Å²) in [5.41, 5.74) is 1.08. The van der Waals surface area contributed by atoms with Gasteiger partial charge in [-0.3, -0.25) is 9.59 Å². The van der Waals surface area contributed by atoms with Crippen LogP contribution in [-0.2, 0) is 16.0 Å². The lowest BCUT2D eigenvalue weighted by molar-refractivity contribution is -0.128. The first-order chi connectivity index (χ1) is 16.9. The molecule has 0 aliphatic carbocycles. The molecule has 8 heteroatoms. The molecule has 1 heterocycles. The van der Waals surface area contributed by atoms with Gasteiger partial charge in [0.2, 0.25) is 11.8 Å². The van der Waals surface area contributed by atoms with E-state index in [1.165, 1.54) is 6.07 Å². The highest BCUT2D eigenvalue weighted by Crippen LogP contribution is 2.26. The van der Waals surface area contributed by atoms with Crippen LogP contribution in [0.15, 0.2) is 72.8 Å². The fraction of sp³-hybridized carbons (Fsp3) is 0.222. The fourth-order valence-corrected chi connectivity index (χ4v) is 3.86. The van der Waals surface area contributed by atoms with Crippen LogP contribution in [-0.4, -0.2) is 47.0 Å². The van der Waals surface area contributed by atoms with Crippen LogP contribution in [0.5, 0.6) is 17.2 Å². The standard InChI is InChI=1S/C27H26N2O6/c1-18(30)29-15-14-23(17-29)35-22-12-10-21(11-13-22)34-20-8-6-19(7-9-20)16-26(31)28-25-5-3-2-4-24(25)27(32)33/h2-13,23H,14-17H2,1H3,(H,28,31)(H,32,33)/t23-/m0/s1. The van der Waals surface area contributed by atoms with Crippen molar-refractivity contribution in [3.8, 4) is 17.2 Å². The summed E-state index contributed by atoms with van der Waals surface area (Å²) >= 11 is 0. The third kappa shape index (κ3) is 6.38. The van der Waals surface area contributed by atoms with Crippen molar-refractivity contribution >= 4 is 23.5 Å². The summed E-state index contributed by atoms with van der Waals surface area (Å²) in [4.78, 5) is 36.9. The Hall–Kier alpha value is -4.33. The number of aromatic carboxylic acids is 1. The normalized spacial score (nSPS) is 14.9. The number of benzene rings is 3. The monoisotopic (exact) mass is 474 g/mol. The van der Waals surface area contributed by atoms with E-state index in [9.17, 15) is 19.5 Å². The molecule has 1 atom stereocenters. The number of nitrogens with zero attached hydrogens (tertiary/aromatic N) is 1. The van der Waals surface area contributed by atoms with E-state index >= 15 is 0 Å². The van der Waals surface area contributed by atoms with E-state index < -0.39 is 5.97 Å². The van der Waals surface area contributed by atoms with Crippen molar-refractivity contribution in [2.24, 2.45) is 0 Å². The number of ether oxygens (including phenoxy) is 2. The summed E-state index contributed by atoms with van der Waals surface area (Å²) in [6.07, 6.45) is 0.907. The number of carboxylic acid groups (broad SMARTS) is 1. The van der Waals surface area contributed by atoms with Crippen LogP contribution < -0.4 is 14.8 Å². The highest BCUT2D eigenvalue weighted by atomic mass is 16.5. The third-order valence-corrected chi connectivity index (χ3v) is 5.67. The van der Waals surface area contributed by atoms with Crippen molar-refractivity contribution in [2.45, 2.75) is 25.9 Å².